The Kier molecular flexibility index (Phi) is 5.86. The normalized spacial score (nSPS) is 14.8. The number of nitrogens with one attached hydrogen (secondary N) is 1. The SMILES string of the molecule is CC(NC(N)=O)c1ccccc1CC(Cc1cccc2c1OCO2)N(C)C. The summed E-state index contributed by atoms with van der Waals surface area (Å²) in [6.07, 6.45) is 1.68. The van der Waals surface area contributed by atoms with Crippen molar-refractivity contribution in [3.63, 3.8) is 0 Å². The Hall–Kier alpha value is -2.73. The number of rotatable bonds is 7. The summed E-state index contributed by atoms with van der Waals surface area (Å²) in [7, 11) is 4.16. The minimum absolute atomic E-state index is 0.140. The summed E-state index contributed by atoms with van der Waals surface area (Å²) >= 11 is 0. The van der Waals surface area contributed by atoms with E-state index in [1.54, 1.807) is 0 Å². The molecule has 0 saturated heterocycles. The van der Waals surface area contributed by atoms with Crippen molar-refractivity contribution < 1.29 is 14.3 Å². The number of hydrogen-bond acceptors (Lipinski definition) is 4. The Labute approximate surface area is 160 Å². The van der Waals surface area contributed by atoms with Crippen LogP contribution in [0.2, 0.25) is 0 Å². The number of likely N-dealkylation sites (N-methyl/N-ethyl adjacent to an activating group) is 1. The van der Waals surface area contributed by atoms with Gasteiger partial charge in [0.25, 0.3) is 0 Å². The molecule has 3 rings (SSSR count). The molecule has 0 bridgehead atoms. The molecule has 3 N–H and O–H groups in total. The third kappa shape index (κ3) is 4.52. The van der Waals surface area contributed by atoms with Crippen LogP contribution in [0.5, 0.6) is 11.5 Å². The molecule has 2 unspecified atom stereocenters. The third-order valence-electron chi connectivity index (χ3n) is 5.00. The van der Waals surface area contributed by atoms with Crippen molar-refractivity contribution in [1.29, 1.82) is 0 Å². The highest BCUT2D eigenvalue weighted by Crippen LogP contribution is 2.36. The topological polar surface area (TPSA) is 76.8 Å². The van der Waals surface area contributed by atoms with E-state index >= 15 is 0 Å². The molecular formula is C21H27N3O3. The van der Waals surface area contributed by atoms with Gasteiger partial charge in [-0.1, -0.05) is 36.4 Å². The van der Waals surface area contributed by atoms with Crippen molar-refractivity contribution in [2.24, 2.45) is 5.73 Å². The number of urea groups is 1. The van der Waals surface area contributed by atoms with Crippen LogP contribution in [0.3, 0.4) is 0 Å². The first-order valence-electron chi connectivity index (χ1n) is 9.13. The van der Waals surface area contributed by atoms with Crippen molar-refractivity contribution >= 4 is 6.03 Å². The van der Waals surface area contributed by atoms with Gasteiger partial charge in [0, 0.05) is 6.04 Å². The quantitative estimate of drug-likeness (QED) is 0.787. The van der Waals surface area contributed by atoms with Crippen molar-refractivity contribution in [1.82, 2.24) is 10.2 Å². The lowest BCUT2D eigenvalue weighted by atomic mass is 9.92. The first kappa shape index (κ1) is 19.0. The fourth-order valence-electron chi connectivity index (χ4n) is 3.53. The smallest absolute Gasteiger partial charge is 0.312 e. The number of amides is 2. The molecule has 2 atom stereocenters. The van der Waals surface area contributed by atoms with E-state index in [-0.39, 0.29) is 18.9 Å². The summed E-state index contributed by atoms with van der Waals surface area (Å²) in [5, 5.41) is 2.77. The lowest BCUT2D eigenvalue weighted by Gasteiger charge is -2.27. The van der Waals surface area contributed by atoms with Gasteiger partial charge in [0.1, 0.15) is 0 Å². The average molecular weight is 369 g/mol. The molecule has 1 aliphatic heterocycles. The zero-order valence-corrected chi connectivity index (χ0v) is 16.1. The van der Waals surface area contributed by atoms with E-state index in [9.17, 15) is 4.79 Å². The molecule has 0 aromatic heterocycles. The van der Waals surface area contributed by atoms with E-state index in [0.29, 0.717) is 0 Å². The van der Waals surface area contributed by atoms with Crippen LogP contribution in [0, 0.1) is 0 Å². The number of nitrogens with two attached hydrogens (primary N) is 1. The lowest BCUT2D eigenvalue weighted by Crippen LogP contribution is -2.34. The minimum atomic E-state index is -0.515. The van der Waals surface area contributed by atoms with Crippen molar-refractivity contribution in [3.8, 4) is 11.5 Å². The number of para-hydroxylation sites is 1. The predicted octanol–water partition coefficient (Wildman–Crippen LogP) is 2.86. The van der Waals surface area contributed by atoms with Crippen LogP contribution in [0.15, 0.2) is 42.5 Å². The van der Waals surface area contributed by atoms with Gasteiger partial charge in [0.2, 0.25) is 6.79 Å². The number of carbonyl (C=O) groups excluding carboxylic acids is 1. The Morgan fingerprint density at radius 2 is 1.81 bits per heavy atom. The minimum Gasteiger partial charge on any atom is -0.454 e. The molecule has 27 heavy (non-hydrogen) atoms. The summed E-state index contributed by atoms with van der Waals surface area (Å²) in [6, 6.07) is 13.8. The highest BCUT2D eigenvalue weighted by molar-refractivity contribution is 5.72. The summed E-state index contributed by atoms with van der Waals surface area (Å²) in [4.78, 5) is 13.5. The van der Waals surface area contributed by atoms with Crippen LogP contribution in [0.1, 0.15) is 29.7 Å². The van der Waals surface area contributed by atoms with E-state index in [4.69, 9.17) is 15.2 Å². The average Bonchev–Trinajstić information content (AvgIpc) is 3.10. The van der Waals surface area contributed by atoms with E-state index in [1.807, 2.05) is 37.3 Å². The van der Waals surface area contributed by atoms with Crippen LogP contribution < -0.4 is 20.5 Å². The molecule has 0 saturated carbocycles. The Morgan fingerprint density at radius 1 is 1.11 bits per heavy atom. The van der Waals surface area contributed by atoms with Crippen LogP contribution in [-0.2, 0) is 12.8 Å². The second-order valence-corrected chi connectivity index (χ2v) is 7.11. The van der Waals surface area contributed by atoms with Crippen LogP contribution in [0.4, 0.5) is 4.79 Å². The molecule has 6 heteroatoms. The van der Waals surface area contributed by atoms with Crippen molar-refractivity contribution in [2.45, 2.75) is 31.8 Å². The van der Waals surface area contributed by atoms with E-state index < -0.39 is 6.03 Å². The summed E-state index contributed by atoms with van der Waals surface area (Å²) in [6.45, 7) is 2.22. The largest absolute Gasteiger partial charge is 0.454 e. The molecule has 0 fully saturated rings. The van der Waals surface area contributed by atoms with Crippen molar-refractivity contribution in [2.75, 3.05) is 20.9 Å². The first-order valence-corrected chi connectivity index (χ1v) is 9.13. The maximum absolute atomic E-state index is 11.3. The number of primary amides is 1. The van der Waals surface area contributed by atoms with Gasteiger partial charge in [-0.05, 0) is 56.6 Å². The molecule has 2 amide bonds. The van der Waals surface area contributed by atoms with Gasteiger partial charge < -0.3 is 25.4 Å². The monoisotopic (exact) mass is 369 g/mol. The molecular weight excluding hydrogens is 342 g/mol. The lowest BCUT2D eigenvalue weighted by molar-refractivity contribution is 0.172. The van der Waals surface area contributed by atoms with Gasteiger partial charge in [0.15, 0.2) is 11.5 Å². The first-order chi connectivity index (χ1) is 13.0. The molecule has 144 valence electrons. The Morgan fingerprint density at radius 3 is 2.56 bits per heavy atom. The zero-order valence-electron chi connectivity index (χ0n) is 16.1. The number of nitrogens with zero attached hydrogens (tertiary/aromatic N) is 1. The number of carbonyl (C=O) groups is 1. The van der Waals surface area contributed by atoms with Crippen LogP contribution in [0.25, 0.3) is 0 Å². The number of ether oxygens (including phenoxy) is 2. The predicted molar refractivity (Wildman–Crippen MR) is 105 cm³/mol. The molecule has 2 aromatic rings. The molecule has 0 aliphatic carbocycles. The second kappa shape index (κ2) is 8.31. The highest BCUT2D eigenvalue weighted by atomic mass is 16.7. The highest BCUT2D eigenvalue weighted by Gasteiger charge is 2.22. The fourth-order valence-corrected chi connectivity index (χ4v) is 3.53. The van der Waals surface area contributed by atoms with Gasteiger partial charge in [-0.2, -0.15) is 0 Å². The van der Waals surface area contributed by atoms with Crippen LogP contribution >= 0.6 is 0 Å². The molecule has 0 spiro atoms. The Bertz CT molecular complexity index is 807. The van der Waals surface area contributed by atoms with E-state index in [1.165, 1.54) is 5.56 Å². The summed E-state index contributed by atoms with van der Waals surface area (Å²) in [5.41, 5.74) is 8.72. The third-order valence-corrected chi connectivity index (χ3v) is 5.00. The van der Waals surface area contributed by atoms with Gasteiger partial charge >= 0.3 is 6.03 Å². The Balaban J connectivity index is 1.82. The molecule has 6 nitrogen and oxygen atoms in total. The maximum Gasteiger partial charge on any atom is 0.312 e. The standard InChI is InChI=1S/C21H27N3O3/c1-14(23-21(22)25)18-9-5-4-7-15(18)11-17(24(2)3)12-16-8-6-10-19-20(16)27-13-26-19/h4-10,14,17H,11-13H2,1-3H3,(H3,22,23,25). The molecule has 1 heterocycles. The van der Waals surface area contributed by atoms with E-state index in [0.717, 1.165) is 35.5 Å². The zero-order chi connectivity index (χ0) is 19.4. The van der Waals surface area contributed by atoms with Crippen LogP contribution in [-0.4, -0.2) is 37.9 Å². The van der Waals surface area contributed by atoms with Gasteiger partial charge in [-0.15, -0.1) is 0 Å². The summed E-state index contributed by atoms with van der Waals surface area (Å²) < 4.78 is 11.2. The number of benzene rings is 2. The van der Waals surface area contributed by atoms with Gasteiger partial charge in [0.05, 0.1) is 6.04 Å². The number of fused-ring (bicyclic) bond motifs is 1. The second-order valence-electron chi connectivity index (χ2n) is 7.11. The van der Waals surface area contributed by atoms with Crippen molar-refractivity contribution in [3.05, 3.63) is 59.2 Å². The van der Waals surface area contributed by atoms with E-state index in [2.05, 4.69) is 36.4 Å². The molecule has 2 aromatic carbocycles. The maximum atomic E-state index is 11.3. The van der Waals surface area contributed by atoms with Gasteiger partial charge in [-0.25, -0.2) is 4.79 Å². The fraction of sp³-hybridized carbons (Fsp3) is 0.381. The summed E-state index contributed by atoms with van der Waals surface area (Å²) in [5.74, 6) is 1.66. The number of hydrogen-bond donors (Lipinski definition) is 2. The van der Waals surface area contributed by atoms with Gasteiger partial charge in [-0.3, -0.25) is 0 Å². The molecule has 0 radical (unpaired) electrons. The molecule has 1 aliphatic rings.